The van der Waals surface area contributed by atoms with Crippen LogP contribution in [0.4, 0.5) is 0 Å². The minimum Gasteiger partial charge on any atom is -0.299 e. The van der Waals surface area contributed by atoms with Crippen LogP contribution in [0.15, 0.2) is 0 Å². The summed E-state index contributed by atoms with van der Waals surface area (Å²) in [5, 5.41) is 0. The molecule has 0 N–H and O–H groups in total. The third-order valence-electron chi connectivity index (χ3n) is 3.08. The van der Waals surface area contributed by atoms with Gasteiger partial charge in [-0.3, -0.25) is 4.90 Å². The molecule has 0 aliphatic carbocycles. The molecule has 84 valence electrons. The van der Waals surface area contributed by atoms with E-state index in [0.717, 1.165) is 5.88 Å². The van der Waals surface area contributed by atoms with Gasteiger partial charge in [-0.25, -0.2) is 0 Å². The molecule has 2 heteroatoms. The molecule has 0 bridgehead atoms. The zero-order chi connectivity index (χ0) is 10.6. The Hall–Kier alpha value is 0.250. The summed E-state index contributed by atoms with van der Waals surface area (Å²) < 4.78 is 0. The van der Waals surface area contributed by atoms with Gasteiger partial charge in [-0.15, -0.1) is 11.6 Å². The highest BCUT2D eigenvalue weighted by atomic mass is 35.5. The van der Waals surface area contributed by atoms with E-state index >= 15 is 0 Å². The van der Waals surface area contributed by atoms with Crippen molar-refractivity contribution in [1.29, 1.82) is 0 Å². The molecule has 1 rings (SSSR count). The lowest BCUT2D eigenvalue weighted by Gasteiger charge is -2.36. The summed E-state index contributed by atoms with van der Waals surface area (Å²) in [5.74, 6) is 0.810. The largest absolute Gasteiger partial charge is 0.299 e. The smallest absolute Gasteiger partial charge is 0.0379 e. The first-order valence-electron chi connectivity index (χ1n) is 5.83. The van der Waals surface area contributed by atoms with E-state index in [4.69, 9.17) is 11.6 Å². The van der Waals surface area contributed by atoms with Crippen LogP contribution in [0, 0.1) is 5.41 Å². The van der Waals surface area contributed by atoms with Gasteiger partial charge in [-0.05, 0) is 37.8 Å². The van der Waals surface area contributed by atoms with E-state index in [-0.39, 0.29) is 0 Å². The molecule has 1 aliphatic rings. The number of halogens is 1. The van der Waals surface area contributed by atoms with Crippen molar-refractivity contribution in [2.45, 2.75) is 52.5 Å². The molecule has 1 heterocycles. The van der Waals surface area contributed by atoms with Crippen molar-refractivity contribution in [3.05, 3.63) is 0 Å². The van der Waals surface area contributed by atoms with Gasteiger partial charge < -0.3 is 0 Å². The second-order valence-electron chi connectivity index (χ2n) is 5.65. The molecule has 14 heavy (non-hydrogen) atoms. The monoisotopic (exact) mass is 217 g/mol. The maximum absolute atomic E-state index is 5.98. The summed E-state index contributed by atoms with van der Waals surface area (Å²) in [6.07, 6.45) is 5.30. The standard InChI is InChI=1S/C12H24ClN/c1-12(2,3)7-9-14-8-5-4-6-11(14)10-13/h11H,4-10H2,1-3H3. The van der Waals surface area contributed by atoms with Crippen molar-refractivity contribution in [1.82, 2.24) is 4.90 Å². The quantitative estimate of drug-likeness (QED) is 0.654. The Bertz CT molecular complexity index is 162. The van der Waals surface area contributed by atoms with E-state index in [9.17, 15) is 0 Å². The zero-order valence-electron chi connectivity index (χ0n) is 9.85. The minimum atomic E-state index is 0.453. The van der Waals surface area contributed by atoms with Crippen LogP contribution in [0.25, 0.3) is 0 Å². The molecule has 0 aromatic heterocycles. The van der Waals surface area contributed by atoms with Crippen molar-refractivity contribution in [2.24, 2.45) is 5.41 Å². The average molecular weight is 218 g/mol. The minimum absolute atomic E-state index is 0.453. The van der Waals surface area contributed by atoms with E-state index in [1.807, 2.05) is 0 Å². The molecule has 1 unspecified atom stereocenters. The van der Waals surface area contributed by atoms with Gasteiger partial charge in [0.2, 0.25) is 0 Å². The Balaban J connectivity index is 2.33. The summed E-state index contributed by atoms with van der Waals surface area (Å²) in [5.41, 5.74) is 0.453. The summed E-state index contributed by atoms with van der Waals surface area (Å²) in [7, 11) is 0. The lowest BCUT2D eigenvalue weighted by atomic mass is 9.91. The van der Waals surface area contributed by atoms with Gasteiger partial charge in [0.15, 0.2) is 0 Å². The maximum Gasteiger partial charge on any atom is 0.0379 e. The number of piperidine rings is 1. The summed E-state index contributed by atoms with van der Waals surface area (Å²) >= 11 is 5.98. The number of likely N-dealkylation sites (tertiary alicyclic amines) is 1. The average Bonchev–Trinajstić information content (AvgIpc) is 2.14. The summed E-state index contributed by atoms with van der Waals surface area (Å²) in [6, 6.07) is 0.646. The van der Waals surface area contributed by atoms with Gasteiger partial charge >= 0.3 is 0 Å². The highest BCUT2D eigenvalue weighted by molar-refractivity contribution is 6.18. The van der Waals surface area contributed by atoms with Crippen LogP contribution < -0.4 is 0 Å². The molecule has 1 saturated heterocycles. The van der Waals surface area contributed by atoms with Crippen LogP contribution in [0.1, 0.15) is 46.5 Å². The van der Waals surface area contributed by atoms with E-state index in [1.54, 1.807) is 0 Å². The Kier molecular flexibility index (Phi) is 4.72. The van der Waals surface area contributed by atoms with E-state index < -0.39 is 0 Å². The van der Waals surface area contributed by atoms with Gasteiger partial charge in [0.25, 0.3) is 0 Å². The number of alkyl halides is 1. The first-order valence-corrected chi connectivity index (χ1v) is 6.36. The SMILES string of the molecule is CC(C)(C)CCN1CCCCC1CCl. The Labute approximate surface area is 93.8 Å². The molecule has 0 spiro atoms. The van der Waals surface area contributed by atoms with E-state index in [2.05, 4.69) is 25.7 Å². The summed E-state index contributed by atoms with van der Waals surface area (Å²) in [6.45, 7) is 9.42. The summed E-state index contributed by atoms with van der Waals surface area (Å²) in [4.78, 5) is 2.59. The molecule has 0 aromatic carbocycles. The molecular weight excluding hydrogens is 194 g/mol. The van der Waals surface area contributed by atoms with Gasteiger partial charge in [0.05, 0.1) is 0 Å². The van der Waals surface area contributed by atoms with Crippen LogP contribution >= 0.6 is 11.6 Å². The molecule has 1 fully saturated rings. The highest BCUT2D eigenvalue weighted by Gasteiger charge is 2.22. The molecule has 0 aromatic rings. The first kappa shape index (κ1) is 12.3. The fourth-order valence-electron chi connectivity index (χ4n) is 2.01. The second-order valence-corrected chi connectivity index (χ2v) is 5.96. The van der Waals surface area contributed by atoms with Crippen molar-refractivity contribution >= 4 is 11.6 Å². The van der Waals surface area contributed by atoms with Crippen LogP contribution in [-0.4, -0.2) is 29.9 Å². The molecule has 0 amide bonds. The van der Waals surface area contributed by atoms with Crippen LogP contribution in [-0.2, 0) is 0 Å². The van der Waals surface area contributed by atoms with Crippen molar-refractivity contribution in [3.8, 4) is 0 Å². The Morgan fingerprint density at radius 3 is 2.57 bits per heavy atom. The van der Waals surface area contributed by atoms with Crippen molar-refractivity contribution in [3.63, 3.8) is 0 Å². The molecule has 0 saturated carbocycles. The first-order chi connectivity index (χ1) is 6.53. The third kappa shape index (κ3) is 4.18. The lowest BCUT2D eigenvalue weighted by molar-refractivity contribution is 0.142. The van der Waals surface area contributed by atoms with Gasteiger partial charge in [0.1, 0.15) is 0 Å². The molecule has 1 aliphatic heterocycles. The van der Waals surface area contributed by atoms with Crippen LogP contribution in [0.2, 0.25) is 0 Å². The topological polar surface area (TPSA) is 3.24 Å². The number of hydrogen-bond acceptors (Lipinski definition) is 1. The second kappa shape index (κ2) is 5.37. The van der Waals surface area contributed by atoms with E-state index in [1.165, 1.54) is 38.8 Å². The molecule has 0 radical (unpaired) electrons. The van der Waals surface area contributed by atoms with Gasteiger partial charge in [0, 0.05) is 11.9 Å². The van der Waals surface area contributed by atoms with Crippen LogP contribution in [0.5, 0.6) is 0 Å². The molecular formula is C12H24ClN. The van der Waals surface area contributed by atoms with Crippen molar-refractivity contribution < 1.29 is 0 Å². The Morgan fingerprint density at radius 1 is 1.29 bits per heavy atom. The fraction of sp³-hybridized carbons (Fsp3) is 1.00. The Morgan fingerprint density at radius 2 is 2.00 bits per heavy atom. The third-order valence-corrected chi connectivity index (χ3v) is 3.43. The molecule has 1 nitrogen and oxygen atoms in total. The predicted octanol–water partition coefficient (Wildman–Crippen LogP) is 3.52. The van der Waals surface area contributed by atoms with E-state index in [0.29, 0.717) is 11.5 Å². The maximum atomic E-state index is 5.98. The lowest BCUT2D eigenvalue weighted by Crippen LogP contribution is -2.42. The number of nitrogens with zero attached hydrogens (tertiary/aromatic N) is 1. The molecule has 1 atom stereocenters. The number of hydrogen-bond donors (Lipinski definition) is 0. The highest BCUT2D eigenvalue weighted by Crippen LogP contribution is 2.23. The fourth-order valence-corrected chi connectivity index (χ4v) is 2.36. The normalized spacial score (nSPS) is 25.3. The predicted molar refractivity (Wildman–Crippen MR) is 64.0 cm³/mol. The van der Waals surface area contributed by atoms with Crippen LogP contribution in [0.3, 0.4) is 0 Å². The van der Waals surface area contributed by atoms with Gasteiger partial charge in [-0.2, -0.15) is 0 Å². The van der Waals surface area contributed by atoms with Gasteiger partial charge in [-0.1, -0.05) is 27.2 Å². The van der Waals surface area contributed by atoms with Crippen molar-refractivity contribution in [2.75, 3.05) is 19.0 Å². The zero-order valence-corrected chi connectivity index (χ0v) is 10.6. The number of rotatable bonds is 3.